The minimum Gasteiger partial charge on any atom is -0.205 e. The van der Waals surface area contributed by atoms with Crippen molar-refractivity contribution < 1.29 is 26.3 Å². The minimum atomic E-state index is -5.23. The SMILES string of the molecule is Fc1c(Br)c(F)c(C(F)(F)F)c(F)c1Br. The molecule has 0 unspecified atom stereocenters. The van der Waals surface area contributed by atoms with Gasteiger partial charge in [-0.3, -0.25) is 0 Å². The van der Waals surface area contributed by atoms with Gasteiger partial charge in [-0.05, 0) is 31.9 Å². The highest BCUT2D eigenvalue weighted by atomic mass is 79.9. The second-order valence-corrected chi connectivity index (χ2v) is 4.03. The van der Waals surface area contributed by atoms with Crippen LogP contribution in [0, 0.1) is 17.5 Å². The van der Waals surface area contributed by atoms with Crippen LogP contribution in [-0.2, 0) is 6.18 Å². The van der Waals surface area contributed by atoms with E-state index in [1.54, 1.807) is 0 Å². The van der Waals surface area contributed by atoms with Crippen LogP contribution in [-0.4, -0.2) is 0 Å². The number of rotatable bonds is 0. The van der Waals surface area contributed by atoms with E-state index in [-0.39, 0.29) is 0 Å². The first-order chi connectivity index (χ1) is 6.68. The number of benzene rings is 1. The van der Waals surface area contributed by atoms with Crippen molar-refractivity contribution in [3.05, 3.63) is 32.0 Å². The first-order valence-corrected chi connectivity index (χ1v) is 4.85. The summed E-state index contributed by atoms with van der Waals surface area (Å²) in [5.41, 5.74) is -2.14. The lowest BCUT2D eigenvalue weighted by Crippen LogP contribution is -2.13. The van der Waals surface area contributed by atoms with Gasteiger partial charge in [-0.15, -0.1) is 0 Å². The minimum absolute atomic E-state index is 1.07. The number of hydrogen-bond acceptors (Lipinski definition) is 0. The predicted octanol–water partition coefficient (Wildman–Crippen LogP) is 4.65. The van der Waals surface area contributed by atoms with Crippen molar-refractivity contribution in [3.63, 3.8) is 0 Å². The van der Waals surface area contributed by atoms with Crippen LogP contribution in [0.15, 0.2) is 8.95 Å². The normalized spacial score (nSPS) is 12.0. The molecule has 84 valence electrons. The zero-order valence-electron chi connectivity index (χ0n) is 6.52. The summed E-state index contributed by atoms with van der Waals surface area (Å²) in [6, 6.07) is 0. The van der Waals surface area contributed by atoms with Crippen molar-refractivity contribution in [2.24, 2.45) is 0 Å². The summed E-state index contributed by atoms with van der Waals surface area (Å²) in [6.45, 7) is 0. The molecule has 0 fully saturated rings. The Balaban J connectivity index is 3.68. The molecule has 0 aromatic heterocycles. The fourth-order valence-electron chi connectivity index (χ4n) is 0.854. The Hall–Kier alpha value is -0.240. The number of alkyl halides is 3. The van der Waals surface area contributed by atoms with E-state index in [1.807, 2.05) is 0 Å². The predicted molar refractivity (Wildman–Crippen MR) is 46.7 cm³/mol. The molecular weight excluding hydrogens is 358 g/mol. The molecule has 0 amide bonds. The lowest BCUT2D eigenvalue weighted by Gasteiger charge is -2.12. The van der Waals surface area contributed by atoms with Crippen molar-refractivity contribution in [2.75, 3.05) is 0 Å². The van der Waals surface area contributed by atoms with Gasteiger partial charge in [-0.2, -0.15) is 13.2 Å². The zero-order chi connectivity index (χ0) is 12.0. The number of hydrogen-bond donors (Lipinski definition) is 0. The summed E-state index contributed by atoms with van der Waals surface area (Å²) in [5, 5.41) is 0. The van der Waals surface area contributed by atoms with Crippen molar-refractivity contribution in [2.45, 2.75) is 6.18 Å². The Morgan fingerprint density at radius 3 is 1.33 bits per heavy atom. The Kier molecular flexibility index (Phi) is 3.39. The highest BCUT2D eigenvalue weighted by molar-refractivity contribution is 9.11. The second kappa shape index (κ2) is 3.97. The molecule has 0 atom stereocenters. The fourth-order valence-corrected chi connectivity index (χ4v) is 1.91. The maximum Gasteiger partial charge on any atom is 0.422 e. The van der Waals surface area contributed by atoms with Gasteiger partial charge in [0.2, 0.25) is 0 Å². The molecule has 0 N–H and O–H groups in total. The molecule has 0 nitrogen and oxygen atoms in total. The maximum atomic E-state index is 12.9. The third-order valence-corrected chi connectivity index (χ3v) is 2.89. The van der Waals surface area contributed by atoms with Crippen LogP contribution in [0.1, 0.15) is 5.56 Å². The lowest BCUT2D eigenvalue weighted by atomic mass is 10.2. The standard InChI is InChI=1S/C7Br2F6/c8-2-4(10)1(7(13,14)15)5(11)3(9)6(2)12. The first kappa shape index (κ1) is 12.8. The van der Waals surface area contributed by atoms with Crippen LogP contribution in [0.5, 0.6) is 0 Å². The summed E-state index contributed by atoms with van der Waals surface area (Å²) in [4.78, 5) is 0. The highest BCUT2D eigenvalue weighted by Gasteiger charge is 2.41. The van der Waals surface area contributed by atoms with Crippen LogP contribution in [0.4, 0.5) is 26.3 Å². The summed E-state index contributed by atoms with van der Waals surface area (Å²) in [5.74, 6) is -5.49. The summed E-state index contributed by atoms with van der Waals surface area (Å²) in [6.07, 6.45) is -5.23. The van der Waals surface area contributed by atoms with Crippen molar-refractivity contribution >= 4 is 31.9 Å². The highest BCUT2D eigenvalue weighted by Crippen LogP contribution is 2.40. The first-order valence-electron chi connectivity index (χ1n) is 3.26. The molecule has 0 saturated heterocycles. The van der Waals surface area contributed by atoms with Crippen LogP contribution >= 0.6 is 31.9 Å². The van der Waals surface area contributed by atoms with Crippen LogP contribution in [0.3, 0.4) is 0 Å². The van der Waals surface area contributed by atoms with E-state index in [0.717, 1.165) is 0 Å². The molecule has 0 saturated carbocycles. The van der Waals surface area contributed by atoms with Gasteiger partial charge in [0.25, 0.3) is 0 Å². The second-order valence-electron chi connectivity index (χ2n) is 2.44. The molecule has 0 aliphatic rings. The molecule has 0 radical (unpaired) electrons. The molecule has 0 aliphatic heterocycles. The molecule has 0 aliphatic carbocycles. The molecule has 1 rings (SSSR count). The van der Waals surface area contributed by atoms with Crippen LogP contribution in [0.2, 0.25) is 0 Å². The van der Waals surface area contributed by atoms with Crippen molar-refractivity contribution in [1.29, 1.82) is 0 Å². The molecule has 8 heteroatoms. The van der Waals surface area contributed by atoms with Crippen LogP contribution in [0.25, 0.3) is 0 Å². The van der Waals surface area contributed by atoms with Crippen LogP contribution < -0.4 is 0 Å². The topological polar surface area (TPSA) is 0 Å². The summed E-state index contributed by atoms with van der Waals surface area (Å²) in [7, 11) is 0. The smallest absolute Gasteiger partial charge is 0.205 e. The van der Waals surface area contributed by atoms with Gasteiger partial charge in [0.15, 0.2) is 17.5 Å². The van der Waals surface area contributed by atoms with Crippen molar-refractivity contribution in [1.82, 2.24) is 0 Å². The Morgan fingerprint density at radius 1 is 0.733 bits per heavy atom. The average Bonchev–Trinajstić information content (AvgIpc) is 2.09. The third-order valence-electron chi connectivity index (χ3n) is 1.49. The summed E-state index contributed by atoms with van der Waals surface area (Å²) < 4.78 is 73.1. The maximum absolute atomic E-state index is 12.9. The van der Waals surface area contributed by atoms with E-state index >= 15 is 0 Å². The molecule has 0 spiro atoms. The Bertz CT molecular complexity index is 382. The molecular formula is C7Br2F6. The largest absolute Gasteiger partial charge is 0.422 e. The van der Waals surface area contributed by atoms with Gasteiger partial charge in [-0.1, -0.05) is 0 Å². The molecule has 0 bridgehead atoms. The Labute approximate surface area is 96.5 Å². The van der Waals surface area contributed by atoms with E-state index in [9.17, 15) is 26.3 Å². The van der Waals surface area contributed by atoms with Gasteiger partial charge in [0.05, 0.1) is 8.95 Å². The summed E-state index contributed by atoms with van der Waals surface area (Å²) >= 11 is 4.52. The van der Waals surface area contributed by atoms with Gasteiger partial charge >= 0.3 is 6.18 Å². The van der Waals surface area contributed by atoms with E-state index < -0.39 is 38.1 Å². The average molecular weight is 358 g/mol. The zero-order valence-corrected chi connectivity index (χ0v) is 9.70. The van der Waals surface area contributed by atoms with Gasteiger partial charge in [0.1, 0.15) is 5.56 Å². The van der Waals surface area contributed by atoms with Gasteiger partial charge in [0, 0.05) is 0 Å². The Morgan fingerprint density at radius 2 is 1.07 bits per heavy atom. The molecule has 1 aromatic rings. The molecule has 0 heterocycles. The fraction of sp³-hybridized carbons (Fsp3) is 0.143. The van der Waals surface area contributed by atoms with E-state index in [4.69, 9.17) is 0 Å². The molecule has 15 heavy (non-hydrogen) atoms. The molecule has 1 aromatic carbocycles. The third kappa shape index (κ3) is 2.15. The van der Waals surface area contributed by atoms with Gasteiger partial charge in [-0.25, -0.2) is 13.2 Å². The van der Waals surface area contributed by atoms with E-state index in [1.165, 1.54) is 0 Å². The van der Waals surface area contributed by atoms with Crippen molar-refractivity contribution in [3.8, 4) is 0 Å². The lowest BCUT2D eigenvalue weighted by molar-refractivity contribution is -0.142. The van der Waals surface area contributed by atoms with E-state index in [2.05, 4.69) is 31.9 Å². The monoisotopic (exact) mass is 356 g/mol. The van der Waals surface area contributed by atoms with E-state index in [0.29, 0.717) is 0 Å². The number of halogens is 8. The quantitative estimate of drug-likeness (QED) is 0.360. The van der Waals surface area contributed by atoms with Gasteiger partial charge < -0.3 is 0 Å².